The molecule has 0 aliphatic carbocycles. The molecule has 3 atom stereocenters. The molecule has 0 aromatic rings. The minimum atomic E-state index is -2.24. The summed E-state index contributed by atoms with van der Waals surface area (Å²) < 4.78 is 19.4. The fourth-order valence-electron chi connectivity index (χ4n) is 6.83. The Hall–Kier alpha value is 0.317. The van der Waals surface area contributed by atoms with Crippen LogP contribution in [0, 0.1) is 17.8 Å². The van der Waals surface area contributed by atoms with Crippen molar-refractivity contribution < 1.29 is 13.6 Å². The van der Waals surface area contributed by atoms with Gasteiger partial charge in [0.05, 0.1) is 6.61 Å². The zero-order valence-electron chi connectivity index (χ0n) is 34.7. The van der Waals surface area contributed by atoms with Crippen LogP contribution in [0.1, 0.15) is 215 Å². The maximum absolute atomic E-state index is 6.61. The Balaban J connectivity index is 4.46. The van der Waals surface area contributed by atoms with Crippen molar-refractivity contribution in [1.29, 1.82) is 0 Å². The predicted octanol–water partition coefficient (Wildman–Crippen LogP) is 15.9. The highest BCUT2D eigenvalue weighted by Crippen LogP contribution is 2.23. The molecule has 3 nitrogen and oxygen atoms in total. The standard InChI is InChI=1S/C44H89BrO3Si/c1-9-10-11-12-13-14-15-16-17-18-19-20-23-35-44(48-49(7,8)47-38-25-22-21-24-37-45)46-39-36-43(6)34-28-33-42(5)32-27-31-41(4)30-26-29-40(2)3/h36,40-42,44H,9-35,37-39H2,1-8H3/b43-36+. The van der Waals surface area contributed by atoms with E-state index >= 15 is 0 Å². The molecule has 0 radical (unpaired) electrons. The Labute approximate surface area is 319 Å². The van der Waals surface area contributed by atoms with Gasteiger partial charge in [0.15, 0.2) is 0 Å². The number of hydrogen-bond acceptors (Lipinski definition) is 3. The van der Waals surface area contributed by atoms with Gasteiger partial charge >= 0.3 is 8.56 Å². The first-order chi connectivity index (χ1) is 23.6. The molecule has 294 valence electrons. The van der Waals surface area contributed by atoms with Crippen LogP contribution in [0.5, 0.6) is 0 Å². The van der Waals surface area contributed by atoms with Gasteiger partial charge in [-0.05, 0) is 76.3 Å². The molecule has 0 aliphatic heterocycles. The Morgan fingerprint density at radius 2 is 1.08 bits per heavy atom. The molecule has 5 heteroatoms. The Kier molecular flexibility index (Phi) is 35.6. The lowest BCUT2D eigenvalue weighted by Gasteiger charge is -2.29. The smallest absolute Gasteiger partial charge is 0.333 e. The van der Waals surface area contributed by atoms with Crippen molar-refractivity contribution in [1.82, 2.24) is 0 Å². The number of halogens is 1. The summed E-state index contributed by atoms with van der Waals surface area (Å²) >= 11 is 3.54. The van der Waals surface area contributed by atoms with Crippen LogP contribution in [0.25, 0.3) is 0 Å². The summed E-state index contributed by atoms with van der Waals surface area (Å²) in [6, 6.07) is 0. The summed E-state index contributed by atoms with van der Waals surface area (Å²) in [6.45, 7) is 20.0. The number of allylic oxidation sites excluding steroid dienone is 1. The van der Waals surface area contributed by atoms with Crippen LogP contribution in [0.3, 0.4) is 0 Å². The van der Waals surface area contributed by atoms with Gasteiger partial charge in [-0.1, -0.05) is 197 Å². The maximum atomic E-state index is 6.61. The number of unbranched alkanes of at least 4 members (excludes halogenated alkanes) is 15. The Bertz CT molecular complexity index is 712. The zero-order valence-corrected chi connectivity index (χ0v) is 37.3. The van der Waals surface area contributed by atoms with Crippen LogP contribution in [0.15, 0.2) is 11.6 Å². The highest BCUT2D eigenvalue weighted by Gasteiger charge is 2.29. The number of hydrogen-bond donors (Lipinski definition) is 0. The van der Waals surface area contributed by atoms with Crippen molar-refractivity contribution in [3.05, 3.63) is 11.6 Å². The second-order valence-electron chi connectivity index (χ2n) is 16.7. The highest BCUT2D eigenvalue weighted by molar-refractivity contribution is 9.09. The lowest BCUT2D eigenvalue weighted by Crippen LogP contribution is -2.40. The average Bonchev–Trinajstić information content (AvgIpc) is 3.04. The Morgan fingerprint density at radius 3 is 1.63 bits per heavy atom. The van der Waals surface area contributed by atoms with E-state index in [1.54, 1.807) is 0 Å². The molecule has 0 aliphatic rings. The molecule has 0 rings (SSSR count). The van der Waals surface area contributed by atoms with Crippen molar-refractivity contribution in [2.45, 2.75) is 234 Å². The molecular formula is C44H89BrO3Si. The number of ether oxygens (including phenoxy) is 1. The lowest BCUT2D eigenvalue weighted by molar-refractivity contribution is -0.0939. The van der Waals surface area contributed by atoms with E-state index in [4.69, 9.17) is 13.6 Å². The summed E-state index contributed by atoms with van der Waals surface area (Å²) in [5.41, 5.74) is 1.46. The third-order valence-electron chi connectivity index (χ3n) is 10.3. The molecule has 3 unspecified atom stereocenters. The van der Waals surface area contributed by atoms with Crippen LogP contribution in [0.4, 0.5) is 0 Å². The molecule has 0 bridgehead atoms. The van der Waals surface area contributed by atoms with E-state index in [2.05, 4.69) is 76.6 Å². The van der Waals surface area contributed by atoms with Crippen molar-refractivity contribution in [3.63, 3.8) is 0 Å². The van der Waals surface area contributed by atoms with Crippen molar-refractivity contribution >= 4 is 24.5 Å². The largest absolute Gasteiger partial charge is 0.394 e. The van der Waals surface area contributed by atoms with Gasteiger partial charge in [-0.2, -0.15) is 0 Å². The van der Waals surface area contributed by atoms with E-state index < -0.39 is 8.56 Å². The third-order valence-corrected chi connectivity index (χ3v) is 12.6. The first-order valence-electron chi connectivity index (χ1n) is 21.7. The average molecular weight is 774 g/mol. The molecule has 0 saturated carbocycles. The van der Waals surface area contributed by atoms with Gasteiger partial charge in [-0.3, -0.25) is 0 Å². The number of alkyl halides is 1. The maximum Gasteiger partial charge on any atom is 0.333 e. The first-order valence-corrected chi connectivity index (χ1v) is 25.7. The van der Waals surface area contributed by atoms with Crippen molar-refractivity contribution in [3.8, 4) is 0 Å². The van der Waals surface area contributed by atoms with E-state index in [-0.39, 0.29) is 6.29 Å². The van der Waals surface area contributed by atoms with Gasteiger partial charge in [0.1, 0.15) is 6.29 Å². The quantitative estimate of drug-likeness (QED) is 0.0206. The molecule has 49 heavy (non-hydrogen) atoms. The monoisotopic (exact) mass is 773 g/mol. The molecule has 0 spiro atoms. The summed E-state index contributed by atoms with van der Waals surface area (Å²) in [7, 11) is -2.24. The zero-order chi connectivity index (χ0) is 36.4. The van der Waals surface area contributed by atoms with Crippen LogP contribution < -0.4 is 0 Å². The molecule has 0 fully saturated rings. The number of rotatable bonds is 38. The van der Waals surface area contributed by atoms with E-state index in [1.165, 1.54) is 166 Å². The van der Waals surface area contributed by atoms with Gasteiger partial charge in [-0.15, -0.1) is 0 Å². The molecule has 0 amide bonds. The normalized spacial score (nSPS) is 14.5. The van der Waals surface area contributed by atoms with E-state index in [0.29, 0.717) is 6.61 Å². The molecule has 0 N–H and O–H groups in total. The van der Waals surface area contributed by atoms with Gasteiger partial charge in [-0.25, -0.2) is 0 Å². The third kappa shape index (κ3) is 36.5. The molecule has 0 saturated heterocycles. The van der Waals surface area contributed by atoms with E-state index in [1.807, 2.05) is 0 Å². The van der Waals surface area contributed by atoms with E-state index in [9.17, 15) is 0 Å². The fourth-order valence-corrected chi connectivity index (χ4v) is 8.75. The van der Waals surface area contributed by atoms with Gasteiger partial charge in [0.2, 0.25) is 0 Å². The highest BCUT2D eigenvalue weighted by atomic mass is 79.9. The van der Waals surface area contributed by atoms with Crippen LogP contribution in [-0.4, -0.2) is 33.4 Å². The second kappa shape index (κ2) is 35.4. The SMILES string of the molecule is CCCCCCCCCCCCCCCC(OC/C=C(\C)CCCC(C)CCCC(C)CCCC(C)C)O[Si](C)(C)OCCCCCCBr. The van der Waals surface area contributed by atoms with Crippen LogP contribution in [-0.2, 0) is 13.6 Å². The second-order valence-corrected chi connectivity index (χ2v) is 20.8. The van der Waals surface area contributed by atoms with Gasteiger partial charge < -0.3 is 13.6 Å². The predicted molar refractivity (Wildman–Crippen MR) is 225 cm³/mol. The first kappa shape index (κ1) is 49.3. The van der Waals surface area contributed by atoms with Crippen LogP contribution >= 0.6 is 15.9 Å². The van der Waals surface area contributed by atoms with Crippen molar-refractivity contribution in [2.75, 3.05) is 18.5 Å². The minimum Gasteiger partial charge on any atom is -0.394 e. The topological polar surface area (TPSA) is 27.7 Å². The van der Waals surface area contributed by atoms with E-state index in [0.717, 1.165) is 42.5 Å². The van der Waals surface area contributed by atoms with Gasteiger partial charge in [0, 0.05) is 11.9 Å². The molecular weight excluding hydrogens is 684 g/mol. The Morgan fingerprint density at radius 1 is 0.592 bits per heavy atom. The van der Waals surface area contributed by atoms with Crippen molar-refractivity contribution in [2.24, 2.45) is 17.8 Å². The lowest BCUT2D eigenvalue weighted by atomic mass is 9.91. The van der Waals surface area contributed by atoms with Crippen LogP contribution in [0.2, 0.25) is 13.1 Å². The molecule has 0 aromatic heterocycles. The molecule has 0 aromatic carbocycles. The summed E-state index contributed by atoms with van der Waals surface area (Å²) in [6.07, 6.45) is 38.1. The summed E-state index contributed by atoms with van der Waals surface area (Å²) in [5, 5.41) is 1.10. The summed E-state index contributed by atoms with van der Waals surface area (Å²) in [4.78, 5) is 0. The molecule has 0 heterocycles. The summed E-state index contributed by atoms with van der Waals surface area (Å²) in [5.74, 6) is 2.57. The fraction of sp³-hybridized carbons (Fsp3) is 0.955. The van der Waals surface area contributed by atoms with Gasteiger partial charge in [0.25, 0.3) is 0 Å². The minimum absolute atomic E-state index is 0.153.